The molecule has 1 aliphatic heterocycles. The smallest absolute Gasteiger partial charge is 0.237 e. The molecular formula is C27H37F2N3O2. The fourth-order valence-corrected chi connectivity index (χ4v) is 4.22. The molecule has 1 heterocycles. The van der Waals surface area contributed by atoms with E-state index in [1.807, 2.05) is 48.2 Å². The molecule has 1 fully saturated rings. The Morgan fingerprint density at radius 2 is 1.71 bits per heavy atom. The van der Waals surface area contributed by atoms with E-state index in [1.54, 1.807) is 17.0 Å². The second kappa shape index (κ2) is 12.3. The lowest BCUT2D eigenvalue weighted by atomic mass is 10.0. The van der Waals surface area contributed by atoms with Crippen LogP contribution in [0.1, 0.15) is 31.4 Å². The maximum Gasteiger partial charge on any atom is 0.237 e. The molecule has 0 bridgehead atoms. The molecule has 2 atom stereocenters. The van der Waals surface area contributed by atoms with E-state index < -0.39 is 12.2 Å². The zero-order valence-corrected chi connectivity index (χ0v) is 20.7. The van der Waals surface area contributed by atoms with E-state index in [0.717, 1.165) is 23.4 Å². The number of nitrogens with zero attached hydrogens (tertiary/aromatic N) is 3. The van der Waals surface area contributed by atoms with Gasteiger partial charge in [0.25, 0.3) is 0 Å². The summed E-state index contributed by atoms with van der Waals surface area (Å²) in [6.07, 6.45) is -0.543. The van der Waals surface area contributed by atoms with E-state index in [9.17, 15) is 13.6 Å². The number of benzene rings is 2. The van der Waals surface area contributed by atoms with Crippen LogP contribution < -0.4 is 4.74 Å². The van der Waals surface area contributed by atoms with E-state index in [1.165, 1.54) is 12.1 Å². The number of hydrogen-bond donors (Lipinski definition) is 0. The molecule has 2 aromatic rings. The fourth-order valence-electron chi connectivity index (χ4n) is 4.22. The summed E-state index contributed by atoms with van der Waals surface area (Å²) in [6, 6.07) is 13.5. The Morgan fingerprint density at radius 1 is 1.09 bits per heavy atom. The second-order valence-corrected chi connectivity index (χ2v) is 9.80. The second-order valence-electron chi connectivity index (χ2n) is 9.80. The predicted molar refractivity (Wildman–Crippen MR) is 131 cm³/mol. The quantitative estimate of drug-likeness (QED) is 0.514. The minimum absolute atomic E-state index is 0.124. The summed E-state index contributed by atoms with van der Waals surface area (Å²) in [5.74, 6) is 0.839. The van der Waals surface area contributed by atoms with Gasteiger partial charge in [0.2, 0.25) is 5.91 Å². The SMILES string of the molecule is CC(C)COc1ccc(CN(C)CC(=O)N(Cc2ccc(F)cc2)[C@@H]2CCN(C)C[C@@H]2F)cc1. The number of hydrogen-bond acceptors (Lipinski definition) is 4. The number of halogens is 2. The van der Waals surface area contributed by atoms with Gasteiger partial charge in [-0.1, -0.05) is 38.1 Å². The summed E-state index contributed by atoms with van der Waals surface area (Å²) < 4.78 is 34.1. The molecule has 1 saturated heterocycles. The highest BCUT2D eigenvalue weighted by Gasteiger charge is 2.35. The number of amides is 1. The Balaban J connectivity index is 1.64. The lowest BCUT2D eigenvalue weighted by Gasteiger charge is -2.40. The van der Waals surface area contributed by atoms with E-state index in [2.05, 4.69) is 13.8 Å². The summed E-state index contributed by atoms with van der Waals surface area (Å²) >= 11 is 0. The maximum atomic E-state index is 15.0. The minimum Gasteiger partial charge on any atom is -0.493 e. The van der Waals surface area contributed by atoms with Crippen LogP contribution in [0.3, 0.4) is 0 Å². The summed E-state index contributed by atoms with van der Waals surface area (Å²) in [6.45, 7) is 6.96. The molecule has 2 aromatic carbocycles. The molecule has 7 heteroatoms. The van der Waals surface area contributed by atoms with E-state index in [-0.39, 0.29) is 24.8 Å². The molecule has 0 unspecified atom stereocenters. The standard InChI is InChI=1S/C27H37F2N3O2/c1-20(2)19-34-24-11-7-21(8-12-24)15-31(4)18-27(33)32(16-22-5-9-23(28)10-6-22)26-13-14-30(3)17-25(26)29/h5-12,20,25-26H,13-19H2,1-4H3/t25-,26+/m0/s1. The van der Waals surface area contributed by atoms with Gasteiger partial charge in [-0.2, -0.15) is 0 Å². The number of carbonyl (C=O) groups excluding carboxylic acids is 1. The van der Waals surface area contributed by atoms with Crippen LogP contribution in [0.4, 0.5) is 8.78 Å². The molecule has 5 nitrogen and oxygen atoms in total. The van der Waals surface area contributed by atoms with Gasteiger partial charge in [0.05, 0.1) is 19.2 Å². The predicted octanol–water partition coefficient (Wildman–Crippen LogP) is 4.36. The molecule has 3 rings (SSSR count). The van der Waals surface area contributed by atoms with Crippen LogP contribution in [-0.4, -0.2) is 73.2 Å². The van der Waals surface area contributed by atoms with Crippen molar-refractivity contribution in [1.29, 1.82) is 0 Å². The molecule has 0 aliphatic carbocycles. The lowest BCUT2D eigenvalue weighted by Crippen LogP contribution is -2.54. The first kappa shape index (κ1) is 26.1. The largest absolute Gasteiger partial charge is 0.493 e. The highest BCUT2D eigenvalue weighted by Crippen LogP contribution is 2.22. The van der Waals surface area contributed by atoms with Crippen LogP contribution in [-0.2, 0) is 17.9 Å². The number of alkyl halides is 1. The van der Waals surface area contributed by atoms with Crippen molar-refractivity contribution in [3.05, 3.63) is 65.5 Å². The van der Waals surface area contributed by atoms with Crippen LogP contribution in [0.25, 0.3) is 0 Å². The zero-order chi connectivity index (χ0) is 24.7. The maximum absolute atomic E-state index is 15.0. The summed E-state index contributed by atoms with van der Waals surface area (Å²) in [5.41, 5.74) is 1.86. The van der Waals surface area contributed by atoms with E-state index in [4.69, 9.17) is 4.74 Å². The average molecular weight is 474 g/mol. The minimum atomic E-state index is -1.12. The molecule has 186 valence electrons. The Hall–Kier alpha value is -2.51. The van der Waals surface area contributed by atoms with Crippen molar-refractivity contribution in [3.63, 3.8) is 0 Å². The summed E-state index contributed by atoms with van der Waals surface area (Å²) in [4.78, 5) is 18.9. The molecule has 0 spiro atoms. The lowest BCUT2D eigenvalue weighted by molar-refractivity contribution is -0.138. The first-order valence-electron chi connectivity index (χ1n) is 12.0. The Morgan fingerprint density at radius 3 is 2.32 bits per heavy atom. The van der Waals surface area contributed by atoms with Gasteiger partial charge < -0.3 is 14.5 Å². The number of rotatable bonds is 10. The Kier molecular flexibility index (Phi) is 9.42. The number of carbonyl (C=O) groups is 1. The Bertz CT molecular complexity index is 905. The van der Waals surface area contributed by atoms with Crippen LogP contribution in [0.15, 0.2) is 48.5 Å². The van der Waals surface area contributed by atoms with Crippen molar-refractivity contribution in [1.82, 2.24) is 14.7 Å². The molecule has 0 radical (unpaired) electrons. The van der Waals surface area contributed by atoms with Crippen LogP contribution in [0.2, 0.25) is 0 Å². The first-order valence-corrected chi connectivity index (χ1v) is 12.0. The molecule has 1 aliphatic rings. The third-order valence-electron chi connectivity index (χ3n) is 6.06. The zero-order valence-electron chi connectivity index (χ0n) is 20.7. The number of piperidine rings is 1. The normalized spacial score (nSPS) is 18.9. The van der Waals surface area contributed by atoms with Crippen molar-refractivity contribution < 1.29 is 18.3 Å². The van der Waals surface area contributed by atoms with Crippen LogP contribution in [0.5, 0.6) is 5.75 Å². The molecular weight excluding hydrogens is 436 g/mol. The average Bonchev–Trinajstić information content (AvgIpc) is 2.78. The van der Waals surface area contributed by atoms with Gasteiger partial charge in [-0.05, 0) is 61.8 Å². The van der Waals surface area contributed by atoms with Gasteiger partial charge in [-0.25, -0.2) is 8.78 Å². The monoisotopic (exact) mass is 473 g/mol. The van der Waals surface area contributed by atoms with Gasteiger partial charge in [-0.3, -0.25) is 9.69 Å². The van der Waals surface area contributed by atoms with Crippen molar-refractivity contribution in [2.45, 2.75) is 45.6 Å². The highest BCUT2D eigenvalue weighted by molar-refractivity contribution is 5.78. The Labute approximate surface area is 202 Å². The molecule has 34 heavy (non-hydrogen) atoms. The first-order chi connectivity index (χ1) is 16.2. The summed E-state index contributed by atoms with van der Waals surface area (Å²) in [5, 5.41) is 0. The molecule has 0 N–H and O–H groups in total. The number of likely N-dealkylation sites (N-methyl/N-ethyl adjacent to an activating group) is 1. The van der Waals surface area contributed by atoms with Crippen LogP contribution in [0, 0.1) is 11.7 Å². The van der Waals surface area contributed by atoms with Crippen molar-refractivity contribution >= 4 is 5.91 Å². The van der Waals surface area contributed by atoms with Crippen molar-refractivity contribution in [2.24, 2.45) is 5.92 Å². The molecule has 1 amide bonds. The van der Waals surface area contributed by atoms with E-state index >= 15 is 0 Å². The van der Waals surface area contributed by atoms with Gasteiger partial charge >= 0.3 is 0 Å². The van der Waals surface area contributed by atoms with Crippen molar-refractivity contribution in [3.8, 4) is 5.75 Å². The highest BCUT2D eigenvalue weighted by atomic mass is 19.1. The molecule has 0 saturated carbocycles. The van der Waals surface area contributed by atoms with Gasteiger partial charge in [0.15, 0.2) is 0 Å². The molecule has 0 aromatic heterocycles. The summed E-state index contributed by atoms with van der Waals surface area (Å²) in [7, 11) is 3.78. The van der Waals surface area contributed by atoms with Gasteiger partial charge in [-0.15, -0.1) is 0 Å². The number of ether oxygens (including phenoxy) is 1. The van der Waals surface area contributed by atoms with E-state index in [0.29, 0.717) is 32.0 Å². The fraction of sp³-hybridized carbons (Fsp3) is 0.519. The van der Waals surface area contributed by atoms with Crippen molar-refractivity contribution in [2.75, 3.05) is 40.3 Å². The van der Waals surface area contributed by atoms with Crippen LogP contribution >= 0.6 is 0 Å². The third kappa shape index (κ3) is 7.77. The van der Waals surface area contributed by atoms with Gasteiger partial charge in [0, 0.05) is 26.2 Å². The third-order valence-corrected chi connectivity index (χ3v) is 6.06. The number of likely N-dealkylation sites (tertiary alicyclic amines) is 1. The van der Waals surface area contributed by atoms with Gasteiger partial charge in [0.1, 0.15) is 17.7 Å². The topological polar surface area (TPSA) is 36.0 Å².